The van der Waals surface area contributed by atoms with Gasteiger partial charge in [0.2, 0.25) is 0 Å². The Hall–Kier alpha value is -15.9. The summed E-state index contributed by atoms with van der Waals surface area (Å²) >= 11 is 0. The Morgan fingerprint density at radius 2 is 0.268 bits per heavy atom. The van der Waals surface area contributed by atoms with Crippen LogP contribution in [0.4, 0.5) is 38.4 Å². The molecule has 112 heavy (non-hydrogen) atoms. The summed E-state index contributed by atoms with van der Waals surface area (Å²) in [6.07, 6.45) is 0. The average Bonchev–Trinajstić information content (AvgIpc) is 1.46. The first kappa shape index (κ1) is 64.5. The largest absolute Gasteiger partial charge is 0.478 e. The molecule has 0 atom stereocenters. The minimum absolute atomic E-state index is 0.153. The number of benzene rings is 2. The second kappa shape index (κ2) is 18.0. The lowest BCUT2D eigenvalue weighted by molar-refractivity contribution is -0.207. The van der Waals surface area contributed by atoms with Crippen molar-refractivity contribution in [1.82, 2.24) is 116 Å². The fraction of sp³-hybridized carbons (Fsp3) is 0.357. The van der Waals surface area contributed by atoms with E-state index in [1.54, 1.807) is 0 Å². The fourth-order valence-corrected chi connectivity index (χ4v) is 20.6. The van der Waals surface area contributed by atoms with Gasteiger partial charge < -0.3 is 40.9 Å². The number of aliphatic carboxylic acids is 8. The van der Waals surface area contributed by atoms with Crippen molar-refractivity contribution in [3.05, 3.63) is 107 Å². The molecule has 28 heterocycles. The first-order valence-corrected chi connectivity index (χ1v) is 32.3. The molecule has 2 aromatic carbocycles. The molecule has 0 spiro atoms. The molecule has 0 saturated carbocycles. The molecular formula is C56H36N24O32. The lowest BCUT2D eigenvalue weighted by atomic mass is 9.88. The van der Waals surface area contributed by atoms with Crippen molar-refractivity contribution in [3.8, 4) is 0 Å². The van der Waals surface area contributed by atoms with Gasteiger partial charge in [0.05, 0.1) is 43.1 Å². The lowest BCUT2D eigenvalue weighted by Gasteiger charge is -2.50. The molecule has 4 aromatic heterocycles. The van der Waals surface area contributed by atoms with Crippen molar-refractivity contribution in [2.24, 2.45) is 0 Å². The third-order valence-electron chi connectivity index (χ3n) is 24.8. The van der Waals surface area contributed by atoms with Crippen LogP contribution in [0.5, 0.6) is 0 Å². The summed E-state index contributed by atoms with van der Waals surface area (Å²) in [6.45, 7) is -27.6. The zero-order chi connectivity index (χ0) is 79.6. The zero-order valence-electron chi connectivity index (χ0n) is 54.9. The maximum Gasteiger partial charge on any atom is 0.356 e. The van der Waals surface area contributed by atoms with Crippen molar-refractivity contribution < 1.29 is 118 Å². The van der Waals surface area contributed by atoms with Crippen LogP contribution in [0, 0.1) is 0 Å². The average molecular weight is 1560 g/mol. The monoisotopic (exact) mass is 1560 g/mol. The van der Waals surface area contributed by atoms with E-state index < -0.39 is 309 Å². The van der Waals surface area contributed by atoms with Gasteiger partial charge in [0, 0.05) is 0 Å². The normalized spacial score (nSPS) is 30.0. The summed E-state index contributed by atoms with van der Waals surface area (Å²) in [7, 11) is 0. The SMILES string of the molecule is O=C1N2CN3C(=O)N4Cn5c(=O)c6cc7c(=O)n8n9c(=O)c7cc6c(=O)n5CN5C(=O)N6CN7C(=O)N%10Cn%11c(=O)c%12cc%13c(=O)n%14n(c(=O)c%13cc%12c(=O)n%11CN1C1(C(=O)O)N(C%14)C(=O)N(CN%11C(=O)N(C9)C4(C(=O)O)C3%11C(=O)O)C21C(=O)O)CN1C(=O)N(CN2C(=O)N(C8)C5(C(=O)O)C62C(=O)O)C7(C(=O)O)C%101C(=O)O. The Morgan fingerprint density at radius 1 is 0.179 bits per heavy atom. The molecule has 10 fully saturated rings. The smallest absolute Gasteiger partial charge is 0.356 e. The Morgan fingerprint density at radius 3 is 0.357 bits per heavy atom. The maximum absolute atomic E-state index is 16.8. The topological polar surface area (TPSA) is 663 Å². The van der Waals surface area contributed by atoms with Gasteiger partial charge in [-0.05, 0) is 24.3 Å². The van der Waals surface area contributed by atoms with E-state index in [4.69, 9.17) is 0 Å². The van der Waals surface area contributed by atoms with Crippen molar-refractivity contribution in [2.45, 2.75) is 98.7 Å². The number of aromatic nitrogens is 8. The molecule has 24 aliphatic rings. The number of carbonyl (C=O) groups excluding carboxylic acids is 8. The Kier molecular flexibility index (Phi) is 10.4. The van der Waals surface area contributed by atoms with E-state index in [0.29, 0.717) is 24.3 Å². The highest BCUT2D eigenvalue weighted by molar-refractivity contribution is 6.15. The fourth-order valence-electron chi connectivity index (χ4n) is 20.6. The highest BCUT2D eigenvalue weighted by Crippen LogP contribution is 2.63. The van der Waals surface area contributed by atoms with Crippen LogP contribution in [0.15, 0.2) is 62.6 Å². The van der Waals surface area contributed by atoms with Crippen LogP contribution in [0.25, 0.3) is 43.1 Å². The van der Waals surface area contributed by atoms with Crippen LogP contribution in [0.1, 0.15) is 0 Å². The first-order chi connectivity index (χ1) is 52.8. The minimum Gasteiger partial charge on any atom is -0.478 e. The Labute approximate surface area is 603 Å². The molecular weight excluding hydrogens is 1520 g/mol. The summed E-state index contributed by atoms with van der Waals surface area (Å²) in [4.78, 5) is 382. The second-order valence-electron chi connectivity index (χ2n) is 28.1. The standard InChI is InChI=1S/C56H36N24O32/c81-25-17-1-18-20-2-19(17)28(84)76-12-68-44(108)60-8-64-48(112)72-16-80-32(88)23-4-24-22-3-21(23)29(85)77(80)13-69-45(109)61-5-57-41(105)65(9-73(25)76)53(37(97)98)49(57,33(89)90)59-7-63-47(111)71(55(69,39(101)102)51(61,63)35(93)94)15-79(31(24)87)78(30(22)86)14-70-46(110)62(52(64,36(95)96)56(70,72)40(103)104)6-58-42(106)66(54(68,38(99)100)50(58,60)34(91)92)10-74(26(18)82)75(27(20)83)11-67(53)43(59)107/h1-4H,5-16H2,(H,89,90)(H,91,92)(H,93,94)(H,95,96)(H,97,98)(H,99,100)(H,101,102)(H,103,104). The highest BCUT2D eigenvalue weighted by Gasteiger charge is 2.96. The zero-order valence-corrected chi connectivity index (χ0v) is 54.9. The molecule has 16 amide bonds. The minimum atomic E-state index is -4.54. The van der Waals surface area contributed by atoms with Gasteiger partial charge in [-0.1, -0.05) is 0 Å². The first-order valence-electron chi connectivity index (χ1n) is 32.3. The van der Waals surface area contributed by atoms with E-state index in [-0.39, 0.29) is 116 Å². The van der Waals surface area contributed by atoms with Crippen LogP contribution in [-0.4, -0.2) is 325 Å². The summed E-state index contributed by atoms with van der Waals surface area (Å²) in [5.74, 6) is -22.9. The quantitative estimate of drug-likeness (QED) is 0.0656. The van der Waals surface area contributed by atoms with Gasteiger partial charge in [0.15, 0.2) is 0 Å². The number of urea groups is 8. The summed E-state index contributed by atoms with van der Waals surface area (Å²) < 4.78 is -1.22. The number of amides is 16. The highest BCUT2D eigenvalue weighted by atomic mass is 16.4. The lowest BCUT2D eigenvalue weighted by Crippen LogP contribution is -2.82. The molecule has 0 aliphatic carbocycles. The predicted molar refractivity (Wildman–Crippen MR) is 332 cm³/mol. The number of carboxylic acid groups (broad SMARTS) is 8. The number of hydrogen-bond donors (Lipinski definition) is 8. The molecule has 8 N–H and O–H groups in total. The molecule has 0 unspecified atom stereocenters. The van der Waals surface area contributed by atoms with E-state index in [0.717, 1.165) is 0 Å². The van der Waals surface area contributed by atoms with Crippen molar-refractivity contribution in [1.29, 1.82) is 0 Å². The molecule has 16 bridgehead atoms. The van der Waals surface area contributed by atoms with Gasteiger partial charge in [-0.3, -0.25) is 117 Å². The number of carboxylic acids is 8. The van der Waals surface area contributed by atoms with Gasteiger partial charge >= 0.3 is 96.0 Å². The molecule has 0 radical (unpaired) electrons. The van der Waals surface area contributed by atoms with E-state index >= 15 is 115 Å². The molecule has 10 saturated heterocycles. The van der Waals surface area contributed by atoms with Crippen LogP contribution in [0.3, 0.4) is 0 Å². The third kappa shape index (κ3) is 5.42. The van der Waals surface area contributed by atoms with Crippen molar-refractivity contribution in [2.75, 3.05) is 26.7 Å². The Balaban J connectivity index is 1.01. The second-order valence-corrected chi connectivity index (χ2v) is 28.1. The predicted octanol–water partition coefficient (Wildman–Crippen LogP) is -11.0. The van der Waals surface area contributed by atoms with Crippen LogP contribution < -0.4 is 44.5 Å². The van der Waals surface area contributed by atoms with Gasteiger partial charge in [-0.15, -0.1) is 0 Å². The van der Waals surface area contributed by atoms with Crippen molar-refractivity contribution in [3.63, 3.8) is 0 Å². The molecule has 30 rings (SSSR count). The van der Waals surface area contributed by atoms with Gasteiger partial charge in [-0.2, -0.15) is 0 Å². The van der Waals surface area contributed by atoms with Gasteiger partial charge in [0.25, 0.3) is 89.8 Å². The summed E-state index contributed by atoms with van der Waals surface area (Å²) in [5, 5.41) is 91.0. The van der Waals surface area contributed by atoms with Crippen LogP contribution in [0.2, 0.25) is 0 Å². The van der Waals surface area contributed by atoms with E-state index in [1.807, 2.05) is 0 Å². The number of carbonyl (C=O) groups is 16. The number of hydrogen-bond acceptors (Lipinski definition) is 24. The van der Waals surface area contributed by atoms with E-state index in [9.17, 15) is 40.9 Å². The van der Waals surface area contributed by atoms with Crippen molar-refractivity contribution >= 4 is 139 Å². The molecule has 24 aliphatic heterocycles. The summed E-state index contributed by atoms with van der Waals surface area (Å²) in [6, 6.07) is -16.8. The van der Waals surface area contributed by atoms with Gasteiger partial charge in [-0.25, -0.2) is 114 Å². The number of nitrogens with zero attached hydrogens (tertiary/aromatic N) is 24. The van der Waals surface area contributed by atoms with E-state index in [1.165, 1.54) is 0 Å². The maximum atomic E-state index is 16.8. The third-order valence-corrected chi connectivity index (χ3v) is 24.8. The van der Waals surface area contributed by atoms with Gasteiger partial charge in [0.1, 0.15) is 80.0 Å². The van der Waals surface area contributed by atoms with Crippen LogP contribution in [-0.2, 0) is 91.7 Å². The molecule has 56 nitrogen and oxygen atoms in total. The number of rotatable bonds is 8. The summed E-state index contributed by atoms with van der Waals surface area (Å²) in [5.41, 5.74) is -51.5. The Bertz CT molecular complexity index is 5620. The van der Waals surface area contributed by atoms with Crippen LogP contribution >= 0.6 is 0 Å². The van der Waals surface area contributed by atoms with E-state index in [2.05, 4.69) is 0 Å². The molecule has 56 heteroatoms. The molecule has 6 aromatic rings. The molecule has 572 valence electrons.